The molecule has 1 N–H and O–H groups in total. The molecule has 9 heteroatoms. The highest BCUT2D eigenvalue weighted by Gasteiger charge is 2.59. The van der Waals surface area contributed by atoms with Crippen molar-refractivity contribution >= 4 is 23.1 Å². The van der Waals surface area contributed by atoms with E-state index in [9.17, 15) is 13.2 Å². The van der Waals surface area contributed by atoms with E-state index < -0.39 is 5.51 Å². The molecule has 2 aromatic heterocycles. The van der Waals surface area contributed by atoms with Gasteiger partial charge in [-0.05, 0) is 56.5 Å². The summed E-state index contributed by atoms with van der Waals surface area (Å²) in [6.07, 6.45) is 2.11. The summed E-state index contributed by atoms with van der Waals surface area (Å²) >= 11 is -0.0899. The highest BCUT2D eigenvalue weighted by atomic mass is 32.2. The quantitative estimate of drug-likeness (QED) is 0.771. The Labute approximate surface area is 165 Å². The van der Waals surface area contributed by atoms with Gasteiger partial charge in [0.05, 0.1) is 34.9 Å². The summed E-state index contributed by atoms with van der Waals surface area (Å²) in [7, 11) is 0. The molecule has 4 heterocycles. The van der Waals surface area contributed by atoms with Crippen LogP contribution in [0.3, 0.4) is 0 Å². The molecule has 5 rings (SSSR count). The van der Waals surface area contributed by atoms with E-state index in [1.54, 1.807) is 23.6 Å². The summed E-state index contributed by atoms with van der Waals surface area (Å²) in [6.45, 7) is 7.52. The molecule has 2 saturated heterocycles. The Balaban J connectivity index is 1.38. The number of thioether (sulfide) groups is 1. The van der Waals surface area contributed by atoms with Gasteiger partial charge in [0, 0.05) is 18.6 Å². The van der Waals surface area contributed by atoms with E-state index in [0.29, 0.717) is 17.1 Å². The standard InChI is InChI=1S/C19H23F3N4OS/c1-12-16(28-19(20,21)22)14-4-3-5-15(26(14)24-12)23-18-6-7-25(9-13(18)8-18)17(2)10-27-11-17/h3-5,13,23H,6-11H2,1-2H3. The number of piperidine rings is 1. The average molecular weight is 412 g/mol. The second-order valence-corrected chi connectivity index (χ2v) is 9.61. The smallest absolute Gasteiger partial charge is 0.377 e. The van der Waals surface area contributed by atoms with E-state index in [4.69, 9.17) is 4.74 Å². The number of anilines is 1. The van der Waals surface area contributed by atoms with E-state index in [2.05, 4.69) is 22.2 Å². The Morgan fingerprint density at radius 1 is 1.32 bits per heavy atom. The Kier molecular flexibility index (Phi) is 4.00. The second-order valence-electron chi connectivity index (χ2n) is 8.54. The maximum atomic E-state index is 12.9. The Morgan fingerprint density at radius 2 is 2.11 bits per heavy atom. The summed E-state index contributed by atoms with van der Waals surface area (Å²) in [6, 6.07) is 5.40. The molecule has 28 heavy (non-hydrogen) atoms. The molecule has 152 valence electrons. The van der Waals surface area contributed by atoms with Crippen LogP contribution in [0.4, 0.5) is 19.0 Å². The number of nitrogens with one attached hydrogen (secondary N) is 1. The number of hydrogen-bond acceptors (Lipinski definition) is 5. The van der Waals surface area contributed by atoms with Crippen molar-refractivity contribution in [2.75, 3.05) is 31.6 Å². The van der Waals surface area contributed by atoms with Gasteiger partial charge in [-0.15, -0.1) is 0 Å². The van der Waals surface area contributed by atoms with Crippen molar-refractivity contribution in [3.63, 3.8) is 0 Å². The summed E-state index contributed by atoms with van der Waals surface area (Å²) in [5, 5.41) is 8.03. The van der Waals surface area contributed by atoms with E-state index in [-0.39, 0.29) is 27.7 Å². The van der Waals surface area contributed by atoms with Gasteiger partial charge in [0.25, 0.3) is 0 Å². The minimum atomic E-state index is -4.33. The predicted octanol–water partition coefficient (Wildman–Crippen LogP) is 3.92. The number of pyridine rings is 1. The Morgan fingerprint density at radius 3 is 2.75 bits per heavy atom. The van der Waals surface area contributed by atoms with Gasteiger partial charge in [0.15, 0.2) is 0 Å². The third-order valence-corrected chi connectivity index (χ3v) is 7.40. The van der Waals surface area contributed by atoms with E-state index in [0.717, 1.165) is 45.0 Å². The van der Waals surface area contributed by atoms with Crippen molar-refractivity contribution in [2.24, 2.45) is 5.92 Å². The number of alkyl halides is 3. The largest absolute Gasteiger partial charge is 0.446 e. The monoisotopic (exact) mass is 412 g/mol. The summed E-state index contributed by atoms with van der Waals surface area (Å²) in [4.78, 5) is 2.71. The van der Waals surface area contributed by atoms with Crippen LogP contribution in [0.15, 0.2) is 23.1 Å². The molecule has 0 radical (unpaired) electrons. The van der Waals surface area contributed by atoms with Crippen molar-refractivity contribution in [2.45, 2.75) is 48.2 Å². The zero-order valence-corrected chi connectivity index (χ0v) is 16.7. The number of likely N-dealkylation sites (tertiary alicyclic amines) is 1. The molecular formula is C19H23F3N4OS. The van der Waals surface area contributed by atoms with Crippen LogP contribution in [0.1, 0.15) is 25.5 Å². The number of aryl methyl sites for hydroxylation is 1. The van der Waals surface area contributed by atoms with Crippen LogP contribution >= 0.6 is 11.8 Å². The van der Waals surface area contributed by atoms with Gasteiger partial charge < -0.3 is 10.1 Å². The maximum Gasteiger partial charge on any atom is 0.446 e. The normalized spacial score (nSPS) is 29.4. The van der Waals surface area contributed by atoms with Gasteiger partial charge in [0.2, 0.25) is 0 Å². The van der Waals surface area contributed by atoms with E-state index in [1.165, 1.54) is 0 Å². The van der Waals surface area contributed by atoms with Crippen LogP contribution in [-0.2, 0) is 4.74 Å². The minimum absolute atomic E-state index is 0.0307. The maximum absolute atomic E-state index is 12.9. The van der Waals surface area contributed by atoms with Crippen molar-refractivity contribution in [3.8, 4) is 0 Å². The lowest BCUT2D eigenvalue weighted by Gasteiger charge is -2.49. The molecule has 2 unspecified atom stereocenters. The fourth-order valence-electron chi connectivity index (χ4n) is 4.66. The summed E-state index contributed by atoms with van der Waals surface area (Å²) in [5.41, 5.74) is -3.24. The SMILES string of the molecule is Cc1nn2c(NC34CCN(C5(C)COC5)CC3C4)cccc2c1SC(F)(F)F. The number of rotatable bonds is 4. The molecule has 3 aliphatic rings. The second kappa shape index (κ2) is 6.03. The molecule has 3 fully saturated rings. The molecule has 2 aromatic rings. The predicted molar refractivity (Wildman–Crippen MR) is 102 cm³/mol. The molecule has 1 saturated carbocycles. The van der Waals surface area contributed by atoms with Crippen molar-refractivity contribution in [1.29, 1.82) is 0 Å². The number of aromatic nitrogens is 2. The van der Waals surface area contributed by atoms with Gasteiger partial charge in [-0.1, -0.05) is 6.07 Å². The first kappa shape index (κ1) is 18.6. The zero-order valence-electron chi connectivity index (χ0n) is 15.8. The van der Waals surface area contributed by atoms with Crippen molar-refractivity contribution in [3.05, 3.63) is 23.9 Å². The van der Waals surface area contributed by atoms with Gasteiger partial charge >= 0.3 is 5.51 Å². The minimum Gasteiger partial charge on any atom is -0.377 e. The van der Waals surface area contributed by atoms with E-state index >= 15 is 0 Å². The van der Waals surface area contributed by atoms with Crippen LogP contribution in [-0.4, -0.2) is 57.4 Å². The Bertz CT molecular complexity index is 926. The summed E-state index contributed by atoms with van der Waals surface area (Å²) < 4.78 is 45.8. The third kappa shape index (κ3) is 2.98. The summed E-state index contributed by atoms with van der Waals surface area (Å²) in [5.74, 6) is 1.32. The fourth-order valence-corrected chi connectivity index (χ4v) is 5.34. The van der Waals surface area contributed by atoms with Crippen molar-refractivity contribution in [1.82, 2.24) is 14.5 Å². The first-order chi connectivity index (χ1) is 13.2. The number of nitrogens with zero attached hydrogens (tertiary/aromatic N) is 3. The lowest BCUT2D eigenvalue weighted by atomic mass is 9.93. The molecule has 2 aliphatic heterocycles. The molecule has 5 nitrogen and oxygen atoms in total. The van der Waals surface area contributed by atoms with Crippen LogP contribution in [0, 0.1) is 12.8 Å². The first-order valence-electron chi connectivity index (χ1n) is 9.54. The van der Waals surface area contributed by atoms with Crippen LogP contribution in [0.25, 0.3) is 5.52 Å². The highest BCUT2D eigenvalue weighted by Crippen LogP contribution is 2.53. The zero-order chi connectivity index (χ0) is 19.7. The van der Waals surface area contributed by atoms with Gasteiger partial charge in [-0.25, -0.2) is 4.52 Å². The number of halogens is 3. The number of fused-ring (bicyclic) bond motifs is 2. The molecular weight excluding hydrogens is 389 g/mol. The number of ether oxygens (including phenoxy) is 1. The lowest BCUT2D eigenvalue weighted by molar-refractivity contribution is -0.136. The number of hydrogen-bond donors (Lipinski definition) is 1. The first-order valence-corrected chi connectivity index (χ1v) is 10.4. The molecule has 2 atom stereocenters. The van der Waals surface area contributed by atoms with Crippen LogP contribution in [0.5, 0.6) is 0 Å². The van der Waals surface area contributed by atoms with E-state index in [1.807, 2.05) is 6.07 Å². The van der Waals surface area contributed by atoms with Crippen LogP contribution < -0.4 is 5.32 Å². The molecule has 0 spiro atoms. The highest BCUT2D eigenvalue weighted by molar-refractivity contribution is 8.00. The Hall–Kier alpha value is -1.45. The topological polar surface area (TPSA) is 41.8 Å². The third-order valence-electron chi connectivity index (χ3n) is 6.46. The molecule has 0 amide bonds. The molecule has 0 bridgehead atoms. The molecule has 1 aliphatic carbocycles. The van der Waals surface area contributed by atoms with Crippen LogP contribution in [0.2, 0.25) is 0 Å². The fraction of sp³-hybridized carbons (Fsp3) is 0.632. The van der Waals surface area contributed by atoms with Crippen molar-refractivity contribution < 1.29 is 17.9 Å². The average Bonchev–Trinajstić information content (AvgIpc) is 3.22. The lowest BCUT2D eigenvalue weighted by Crippen LogP contribution is -2.62. The molecule has 0 aromatic carbocycles. The van der Waals surface area contributed by atoms with Gasteiger partial charge in [0.1, 0.15) is 5.82 Å². The van der Waals surface area contributed by atoms with Gasteiger partial charge in [-0.3, -0.25) is 4.90 Å². The van der Waals surface area contributed by atoms with Gasteiger partial charge in [-0.2, -0.15) is 18.3 Å².